The summed E-state index contributed by atoms with van der Waals surface area (Å²) in [5.74, 6) is -0.0269. The van der Waals surface area contributed by atoms with Crippen molar-refractivity contribution in [3.05, 3.63) is 34.9 Å². The fourth-order valence-corrected chi connectivity index (χ4v) is 4.88. The number of nitrogens with one attached hydrogen (secondary N) is 1. The summed E-state index contributed by atoms with van der Waals surface area (Å²) in [6, 6.07) is 4.85. The minimum absolute atomic E-state index is 0.0817. The molecule has 0 aromatic heterocycles. The van der Waals surface area contributed by atoms with Crippen molar-refractivity contribution >= 4 is 23.7 Å². The molecule has 160 valence electrons. The number of carbonyl (C=O) groups excluding carboxylic acids is 3. The van der Waals surface area contributed by atoms with Gasteiger partial charge in [-0.25, -0.2) is 4.79 Å². The highest BCUT2D eigenvalue weighted by atomic mass is 16.5. The van der Waals surface area contributed by atoms with E-state index in [1.165, 1.54) is 12.7 Å². The number of hydrogen-bond acceptors (Lipinski definition) is 6. The molecule has 30 heavy (non-hydrogen) atoms. The average molecular weight is 412 g/mol. The molecule has 1 aromatic carbocycles. The van der Waals surface area contributed by atoms with Crippen LogP contribution in [0.2, 0.25) is 0 Å². The van der Waals surface area contributed by atoms with E-state index in [2.05, 4.69) is 11.4 Å². The average Bonchev–Trinajstić information content (AvgIpc) is 3.50. The van der Waals surface area contributed by atoms with Gasteiger partial charge >= 0.3 is 5.97 Å². The number of hydrogen-bond donors (Lipinski definition) is 1. The Hall–Kier alpha value is -2.67. The van der Waals surface area contributed by atoms with Crippen molar-refractivity contribution in [3.63, 3.8) is 0 Å². The van der Waals surface area contributed by atoms with Crippen LogP contribution >= 0.6 is 0 Å². The van der Waals surface area contributed by atoms with Crippen molar-refractivity contribution in [2.75, 3.05) is 27.3 Å². The van der Waals surface area contributed by atoms with Gasteiger partial charge in [0.15, 0.2) is 0 Å². The number of likely N-dealkylation sites (tertiary alicyclic amines) is 1. The molecule has 7 nitrogen and oxygen atoms in total. The molecule has 4 rings (SSSR count). The molecule has 0 spiro atoms. The number of allylic oxidation sites excluding steroid dienone is 1. The molecule has 1 aliphatic carbocycles. The Kier molecular flexibility index (Phi) is 5.90. The SMILES string of the molecule is COC(=O)[C@@H]1CCCN1C(=O)[C@@H]1NCCC1C(=O)CC1=Cc2cc(OC)ccc2C1. The number of amides is 1. The Labute approximate surface area is 176 Å². The van der Waals surface area contributed by atoms with Crippen LogP contribution in [0.4, 0.5) is 0 Å². The lowest BCUT2D eigenvalue weighted by Gasteiger charge is -2.28. The zero-order valence-corrected chi connectivity index (χ0v) is 17.5. The first-order chi connectivity index (χ1) is 14.5. The molecule has 0 radical (unpaired) electrons. The van der Waals surface area contributed by atoms with Crippen LogP contribution in [0.5, 0.6) is 5.75 Å². The Morgan fingerprint density at radius 2 is 2.03 bits per heavy atom. The number of nitrogens with zero attached hydrogens (tertiary/aromatic N) is 1. The smallest absolute Gasteiger partial charge is 0.328 e. The molecule has 7 heteroatoms. The Morgan fingerprint density at radius 1 is 1.20 bits per heavy atom. The normalized spacial score (nSPS) is 25.1. The molecule has 1 unspecified atom stereocenters. The predicted octanol–water partition coefficient (Wildman–Crippen LogP) is 1.74. The lowest BCUT2D eigenvalue weighted by Crippen LogP contribution is -2.51. The van der Waals surface area contributed by atoms with E-state index in [9.17, 15) is 14.4 Å². The molecular weight excluding hydrogens is 384 g/mol. The van der Waals surface area contributed by atoms with Crippen LogP contribution in [-0.4, -0.2) is 62.0 Å². The first kappa shape index (κ1) is 20.6. The van der Waals surface area contributed by atoms with Crippen molar-refractivity contribution in [2.45, 2.75) is 44.2 Å². The first-order valence-electron chi connectivity index (χ1n) is 10.5. The van der Waals surface area contributed by atoms with Crippen molar-refractivity contribution in [3.8, 4) is 5.75 Å². The maximum Gasteiger partial charge on any atom is 0.328 e. The quantitative estimate of drug-likeness (QED) is 0.717. The topological polar surface area (TPSA) is 84.9 Å². The van der Waals surface area contributed by atoms with Crippen molar-refractivity contribution in [1.29, 1.82) is 0 Å². The van der Waals surface area contributed by atoms with E-state index < -0.39 is 12.1 Å². The Balaban J connectivity index is 1.43. The van der Waals surface area contributed by atoms with Gasteiger partial charge in [-0.2, -0.15) is 0 Å². The summed E-state index contributed by atoms with van der Waals surface area (Å²) in [5, 5.41) is 3.20. The van der Waals surface area contributed by atoms with E-state index in [-0.39, 0.29) is 23.6 Å². The van der Waals surface area contributed by atoms with E-state index in [1.807, 2.05) is 18.2 Å². The van der Waals surface area contributed by atoms with Crippen molar-refractivity contribution in [1.82, 2.24) is 10.2 Å². The summed E-state index contributed by atoms with van der Waals surface area (Å²) < 4.78 is 10.1. The molecule has 1 N–H and O–H groups in total. The summed E-state index contributed by atoms with van der Waals surface area (Å²) >= 11 is 0. The van der Waals surface area contributed by atoms with Gasteiger partial charge in [0.25, 0.3) is 0 Å². The zero-order valence-electron chi connectivity index (χ0n) is 17.5. The molecule has 0 bridgehead atoms. The van der Waals surface area contributed by atoms with Gasteiger partial charge in [0.2, 0.25) is 5.91 Å². The molecule has 3 aliphatic rings. The number of rotatable bonds is 6. The first-order valence-corrected chi connectivity index (χ1v) is 10.5. The van der Waals surface area contributed by atoms with Gasteiger partial charge in [0, 0.05) is 18.9 Å². The molecule has 2 saturated heterocycles. The highest BCUT2D eigenvalue weighted by molar-refractivity contribution is 5.95. The predicted molar refractivity (Wildman–Crippen MR) is 111 cm³/mol. The molecule has 2 heterocycles. The molecular formula is C23H28N2O5. The van der Waals surface area contributed by atoms with Crippen LogP contribution in [-0.2, 0) is 25.5 Å². The van der Waals surface area contributed by atoms with Crippen LogP contribution in [0.15, 0.2) is 23.8 Å². The van der Waals surface area contributed by atoms with Gasteiger partial charge in [-0.15, -0.1) is 0 Å². The lowest BCUT2D eigenvalue weighted by atomic mass is 9.90. The number of Topliss-reactive ketones (excluding diaryl/α,β-unsaturated/α-hetero) is 1. The minimum atomic E-state index is -0.563. The van der Waals surface area contributed by atoms with E-state index in [0.717, 1.165) is 29.7 Å². The molecule has 1 amide bonds. The van der Waals surface area contributed by atoms with Gasteiger partial charge in [-0.05, 0) is 55.5 Å². The van der Waals surface area contributed by atoms with Crippen LogP contribution in [0.3, 0.4) is 0 Å². The van der Waals surface area contributed by atoms with Gasteiger partial charge in [-0.3, -0.25) is 9.59 Å². The number of ketones is 1. The Bertz CT molecular complexity index is 894. The maximum atomic E-state index is 13.2. The lowest BCUT2D eigenvalue weighted by molar-refractivity contribution is -0.152. The fourth-order valence-electron chi connectivity index (χ4n) is 4.88. The highest BCUT2D eigenvalue weighted by Gasteiger charge is 2.44. The summed E-state index contributed by atoms with van der Waals surface area (Å²) in [6.07, 6.45) is 5.17. The van der Waals surface area contributed by atoms with E-state index in [1.54, 1.807) is 12.0 Å². The third-order valence-corrected chi connectivity index (χ3v) is 6.44. The number of esters is 1. The molecule has 1 aromatic rings. The van der Waals surface area contributed by atoms with Crippen molar-refractivity contribution in [2.24, 2.45) is 5.92 Å². The molecule has 0 saturated carbocycles. The number of carbonyl (C=O) groups is 3. The monoisotopic (exact) mass is 412 g/mol. The van der Waals surface area contributed by atoms with Gasteiger partial charge in [0.05, 0.1) is 20.3 Å². The number of methoxy groups -OCH3 is 2. The maximum absolute atomic E-state index is 13.2. The summed E-state index contributed by atoms with van der Waals surface area (Å²) in [5.41, 5.74) is 3.34. The summed E-state index contributed by atoms with van der Waals surface area (Å²) in [4.78, 5) is 39.9. The van der Waals surface area contributed by atoms with Crippen LogP contribution in [0.1, 0.15) is 36.8 Å². The third-order valence-electron chi connectivity index (χ3n) is 6.44. The molecule has 2 aliphatic heterocycles. The second-order valence-corrected chi connectivity index (χ2v) is 8.23. The number of benzene rings is 1. The second-order valence-electron chi connectivity index (χ2n) is 8.23. The fraction of sp³-hybridized carbons (Fsp3) is 0.522. The van der Waals surface area contributed by atoms with Crippen LogP contribution in [0, 0.1) is 5.92 Å². The summed E-state index contributed by atoms with van der Waals surface area (Å²) in [7, 11) is 2.98. The van der Waals surface area contributed by atoms with E-state index in [0.29, 0.717) is 32.4 Å². The zero-order chi connectivity index (χ0) is 21.3. The standard InChI is InChI=1S/C23H28N2O5/c1-29-17-6-5-15-10-14(11-16(15)13-17)12-20(26)18-7-8-24-21(18)22(27)25-9-3-4-19(25)23(28)30-2/h5-6,11,13,18-19,21,24H,3-4,7-10,12H2,1-2H3/t18?,19-,21+/m0/s1. The summed E-state index contributed by atoms with van der Waals surface area (Å²) in [6.45, 7) is 1.15. The molecule has 3 atom stereocenters. The third kappa shape index (κ3) is 3.86. The largest absolute Gasteiger partial charge is 0.497 e. The van der Waals surface area contributed by atoms with Crippen LogP contribution < -0.4 is 10.1 Å². The van der Waals surface area contributed by atoms with Crippen LogP contribution in [0.25, 0.3) is 6.08 Å². The second kappa shape index (κ2) is 8.60. The molecule has 2 fully saturated rings. The van der Waals surface area contributed by atoms with Gasteiger partial charge in [-0.1, -0.05) is 17.7 Å². The minimum Gasteiger partial charge on any atom is -0.497 e. The highest BCUT2D eigenvalue weighted by Crippen LogP contribution is 2.32. The van der Waals surface area contributed by atoms with Gasteiger partial charge in [0.1, 0.15) is 17.6 Å². The number of fused-ring (bicyclic) bond motifs is 1. The Morgan fingerprint density at radius 3 is 2.80 bits per heavy atom. The van der Waals surface area contributed by atoms with E-state index in [4.69, 9.17) is 9.47 Å². The van der Waals surface area contributed by atoms with Gasteiger partial charge < -0.3 is 19.7 Å². The number of ether oxygens (including phenoxy) is 2. The van der Waals surface area contributed by atoms with Crippen molar-refractivity contribution < 1.29 is 23.9 Å². The van der Waals surface area contributed by atoms with E-state index >= 15 is 0 Å².